The molecule has 0 aliphatic carbocycles. The third-order valence-electron chi connectivity index (χ3n) is 3.62. The van der Waals surface area contributed by atoms with Gasteiger partial charge in [0, 0.05) is 6.07 Å². The van der Waals surface area contributed by atoms with E-state index in [1.54, 1.807) is 31.4 Å². The second-order valence-corrected chi connectivity index (χ2v) is 4.97. The number of hydrogen-bond acceptors (Lipinski definition) is 6. The highest BCUT2D eigenvalue weighted by Gasteiger charge is 2.32. The Labute approximate surface area is 126 Å². The first-order valence-electron chi connectivity index (χ1n) is 6.63. The van der Waals surface area contributed by atoms with Crippen LogP contribution in [0.5, 0.6) is 28.7 Å². The van der Waals surface area contributed by atoms with E-state index in [1.807, 2.05) is 0 Å². The van der Waals surface area contributed by atoms with E-state index in [-0.39, 0.29) is 23.5 Å². The summed E-state index contributed by atoms with van der Waals surface area (Å²) in [7, 11) is 1.56. The molecule has 0 radical (unpaired) electrons. The Balaban J connectivity index is 1.98. The molecule has 0 saturated carbocycles. The smallest absolute Gasteiger partial charge is 0.201 e. The van der Waals surface area contributed by atoms with Crippen LogP contribution in [0.2, 0.25) is 0 Å². The number of fused-ring (bicyclic) bond motifs is 1. The van der Waals surface area contributed by atoms with Crippen molar-refractivity contribution >= 4 is 5.78 Å². The number of Topliss-reactive ketones (excluding diaryl/α,β-unsaturated/α-hetero) is 1. The van der Waals surface area contributed by atoms with Crippen LogP contribution in [-0.2, 0) is 0 Å². The van der Waals surface area contributed by atoms with Crippen molar-refractivity contribution in [3.05, 3.63) is 41.5 Å². The number of benzene rings is 2. The molecule has 0 amide bonds. The molecule has 22 heavy (non-hydrogen) atoms. The van der Waals surface area contributed by atoms with Crippen molar-refractivity contribution in [1.82, 2.24) is 0 Å². The summed E-state index contributed by atoms with van der Waals surface area (Å²) < 4.78 is 10.8. The van der Waals surface area contributed by atoms with Gasteiger partial charge in [-0.3, -0.25) is 4.79 Å². The summed E-state index contributed by atoms with van der Waals surface area (Å²) in [5, 5.41) is 28.8. The molecule has 0 aromatic heterocycles. The highest BCUT2D eigenvalue weighted by molar-refractivity contribution is 6.03. The summed E-state index contributed by atoms with van der Waals surface area (Å²) in [6, 6.07) is 8.19. The monoisotopic (exact) mass is 302 g/mol. The number of carbonyl (C=O) groups excluding carboxylic acids is 1. The van der Waals surface area contributed by atoms with Crippen LogP contribution in [0, 0.1) is 0 Å². The zero-order chi connectivity index (χ0) is 15.9. The van der Waals surface area contributed by atoms with Crippen LogP contribution < -0.4 is 9.47 Å². The van der Waals surface area contributed by atoms with Crippen LogP contribution in [0.3, 0.4) is 0 Å². The van der Waals surface area contributed by atoms with Gasteiger partial charge in [-0.25, -0.2) is 0 Å². The fourth-order valence-corrected chi connectivity index (χ4v) is 2.45. The Morgan fingerprint density at radius 1 is 1.14 bits per heavy atom. The van der Waals surface area contributed by atoms with Gasteiger partial charge in [0.05, 0.1) is 13.5 Å². The van der Waals surface area contributed by atoms with Crippen molar-refractivity contribution in [1.29, 1.82) is 0 Å². The Morgan fingerprint density at radius 2 is 1.82 bits per heavy atom. The molecule has 0 saturated heterocycles. The lowest BCUT2D eigenvalue weighted by atomic mass is 9.95. The van der Waals surface area contributed by atoms with Crippen molar-refractivity contribution in [2.24, 2.45) is 0 Å². The molecule has 1 aliphatic heterocycles. The number of ketones is 1. The van der Waals surface area contributed by atoms with Gasteiger partial charge in [-0.15, -0.1) is 0 Å². The Bertz CT molecular complexity index is 735. The average molecular weight is 302 g/mol. The maximum Gasteiger partial charge on any atom is 0.201 e. The van der Waals surface area contributed by atoms with Gasteiger partial charge in [-0.05, 0) is 17.7 Å². The van der Waals surface area contributed by atoms with Crippen molar-refractivity contribution in [3.63, 3.8) is 0 Å². The lowest BCUT2D eigenvalue weighted by Gasteiger charge is -2.26. The summed E-state index contributed by atoms with van der Waals surface area (Å²) in [5.74, 6) is -1.56. The zero-order valence-electron chi connectivity index (χ0n) is 11.7. The Hall–Kier alpha value is -2.89. The molecule has 0 spiro atoms. The van der Waals surface area contributed by atoms with Gasteiger partial charge >= 0.3 is 0 Å². The molecule has 6 nitrogen and oxygen atoms in total. The van der Waals surface area contributed by atoms with E-state index in [0.29, 0.717) is 5.75 Å². The average Bonchev–Trinajstić information content (AvgIpc) is 2.52. The predicted molar refractivity (Wildman–Crippen MR) is 76.7 cm³/mol. The molecule has 114 valence electrons. The van der Waals surface area contributed by atoms with Crippen LogP contribution in [0.25, 0.3) is 0 Å². The zero-order valence-corrected chi connectivity index (χ0v) is 11.7. The molecule has 6 heteroatoms. The van der Waals surface area contributed by atoms with Gasteiger partial charge < -0.3 is 24.8 Å². The van der Waals surface area contributed by atoms with Gasteiger partial charge in [0.15, 0.2) is 17.3 Å². The Morgan fingerprint density at radius 3 is 2.45 bits per heavy atom. The second kappa shape index (κ2) is 5.14. The third-order valence-corrected chi connectivity index (χ3v) is 3.62. The number of phenolic OH excluding ortho intramolecular Hbond substituents is 3. The lowest BCUT2D eigenvalue weighted by molar-refractivity contribution is 0.0843. The normalized spacial score (nSPS) is 16.8. The lowest BCUT2D eigenvalue weighted by Crippen LogP contribution is -2.20. The minimum Gasteiger partial charge on any atom is -0.504 e. The first kappa shape index (κ1) is 14.1. The van der Waals surface area contributed by atoms with Crippen molar-refractivity contribution in [2.75, 3.05) is 7.11 Å². The molecule has 3 rings (SSSR count). The number of rotatable bonds is 2. The fraction of sp³-hybridized carbons (Fsp3) is 0.188. The number of hydrogen-bond donors (Lipinski definition) is 3. The number of aromatic hydroxyl groups is 3. The number of carbonyl (C=O) groups is 1. The second-order valence-electron chi connectivity index (χ2n) is 4.97. The van der Waals surface area contributed by atoms with E-state index >= 15 is 0 Å². The minimum atomic E-state index is -0.724. The number of ether oxygens (including phenoxy) is 2. The molecule has 1 heterocycles. The molecule has 1 aliphatic rings. The van der Waals surface area contributed by atoms with Crippen LogP contribution >= 0.6 is 0 Å². The molecule has 0 bridgehead atoms. The first-order chi connectivity index (χ1) is 10.5. The Kier molecular flexibility index (Phi) is 3.29. The maximum atomic E-state index is 12.2. The SMILES string of the molecule is COc1ccc(C2CC(=O)c3c(cc(O)c(O)c3O)O2)cc1. The van der Waals surface area contributed by atoms with Crippen LogP contribution in [0.4, 0.5) is 0 Å². The summed E-state index contributed by atoms with van der Waals surface area (Å²) in [4.78, 5) is 12.2. The molecular formula is C16H14O6. The third kappa shape index (κ3) is 2.18. The fourth-order valence-electron chi connectivity index (χ4n) is 2.45. The summed E-state index contributed by atoms with van der Waals surface area (Å²) in [6.45, 7) is 0. The molecular weight excluding hydrogens is 288 g/mol. The molecule has 3 N–H and O–H groups in total. The van der Waals surface area contributed by atoms with Gasteiger partial charge in [-0.2, -0.15) is 0 Å². The molecule has 2 aromatic rings. The van der Waals surface area contributed by atoms with E-state index in [1.165, 1.54) is 0 Å². The van der Waals surface area contributed by atoms with E-state index in [4.69, 9.17) is 9.47 Å². The quantitative estimate of drug-likeness (QED) is 0.738. The van der Waals surface area contributed by atoms with E-state index in [2.05, 4.69) is 0 Å². The molecule has 1 atom stereocenters. The first-order valence-corrected chi connectivity index (χ1v) is 6.63. The van der Waals surface area contributed by atoms with Crippen molar-refractivity contribution in [2.45, 2.75) is 12.5 Å². The molecule has 1 unspecified atom stereocenters. The number of methoxy groups -OCH3 is 1. The van der Waals surface area contributed by atoms with Gasteiger partial charge in [-0.1, -0.05) is 12.1 Å². The standard InChI is InChI=1S/C16H14O6/c1-21-9-4-2-8(3-5-9)12-6-10(17)14-13(22-12)7-11(18)15(19)16(14)20/h2-5,7,12,18-20H,6H2,1H3. The van der Waals surface area contributed by atoms with Gasteiger partial charge in [0.2, 0.25) is 5.75 Å². The van der Waals surface area contributed by atoms with E-state index < -0.39 is 23.4 Å². The van der Waals surface area contributed by atoms with E-state index in [0.717, 1.165) is 11.6 Å². The summed E-state index contributed by atoms with van der Waals surface area (Å²) >= 11 is 0. The topological polar surface area (TPSA) is 96.2 Å². The van der Waals surface area contributed by atoms with Gasteiger partial charge in [0.1, 0.15) is 23.2 Å². The highest BCUT2D eigenvalue weighted by atomic mass is 16.5. The highest BCUT2D eigenvalue weighted by Crippen LogP contribution is 2.47. The minimum absolute atomic E-state index is 0.0249. The van der Waals surface area contributed by atoms with Crippen molar-refractivity contribution in [3.8, 4) is 28.7 Å². The van der Waals surface area contributed by atoms with Crippen LogP contribution in [0.1, 0.15) is 28.4 Å². The predicted octanol–water partition coefficient (Wildman–Crippen LogP) is 2.52. The maximum absolute atomic E-state index is 12.2. The molecule has 0 fully saturated rings. The summed E-state index contributed by atoms with van der Waals surface area (Å²) in [5.41, 5.74) is 0.659. The summed E-state index contributed by atoms with van der Waals surface area (Å²) in [6.07, 6.45) is -0.508. The number of phenols is 3. The molecule has 2 aromatic carbocycles. The van der Waals surface area contributed by atoms with Crippen LogP contribution in [0.15, 0.2) is 30.3 Å². The van der Waals surface area contributed by atoms with Crippen LogP contribution in [-0.4, -0.2) is 28.2 Å². The van der Waals surface area contributed by atoms with Gasteiger partial charge in [0.25, 0.3) is 0 Å². The van der Waals surface area contributed by atoms with Crippen molar-refractivity contribution < 1.29 is 29.6 Å². The largest absolute Gasteiger partial charge is 0.504 e. The van der Waals surface area contributed by atoms with E-state index in [9.17, 15) is 20.1 Å².